The number of nitrogens with zero attached hydrogens (tertiary/aromatic N) is 3. The van der Waals surface area contributed by atoms with Crippen molar-refractivity contribution >= 4 is 23.3 Å². The summed E-state index contributed by atoms with van der Waals surface area (Å²) in [4.78, 5) is 32.3. The summed E-state index contributed by atoms with van der Waals surface area (Å²) in [6.07, 6.45) is -2.12. The number of nitrogen functional groups attached to an aromatic ring is 1. The maximum atomic E-state index is 13.8. The number of alkyl halides is 3. The van der Waals surface area contributed by atoms with Crippen molar-refractivity contribution < 1.29 is 27.5 Å². The van der Waals surface area contributed by atoms with Gasteiger partial charge in [0.15, 0.2) is 0 Å². The topological polar surface area (TPSA) is 91.1 Å². The van der Waals surface area contributed by atoms with Crippen LogP contribution >= 0.6 is 0 Å². The molecular weight excluding hydrogens is 571 g/mol. The van der Waals surface area contributed by atoms with Crippen LogP contribution in [0, 0.1) is 0 Å². The smallest absolute Gasteiger partial charge is 0.416 e. The Balaban J connectivity index is 1.24. The number of carbonyl (C=O) groups is 2. The highest BCUT2D eigenvalue weighted by molar-refractivity contribution is 6.07. The molecule has 2 aliphatic heterocycles. The molecule has 44 heavy (non-hydrogen) atoms. The second-order valence-electron chi connectivity index (χ2n) is 11.0. The second kappa shape index (κ2) is 13.4. The van der Waals surface area contributed by atoms with Crippen LogP contribution in [0.3, 0.4) is 0 Å². The summed E-state index contributed by atoms with van der Waals surface area (Å²) in [5.41, 5.74) is 6.96. The van der Waals surface area contributed by atoms with E-state index in [2.05, 4.69) is 10.2 Å². The van der Waals surface area contributed by atoms with Gasteiger partial charge >= 0.3 is 12.2 Å². The Bertz CT molecular complexity index is 1490. The zero-order chi connectivity index (χ0) is 31.3. The summed E-state index contributed by atoms with van der Waals surface area (Å²) >= 11 is 0. The first-order chi connectivity index (χ1) is 21.1. The fraction of sp³-hybridized carbons (Fsp3) is 0.333. The highest BCUT2D eigenvalue weighted by atomic mass is 19.4. The third-order valence-electron chi connectivity index (χ3n) is 7.81. The molecule has 11 heteroatoms. The number of carbonyl (C=O) groups excluding carboxylic acids is 2. The van der Waals surface area contributed by atoms with E-state index in [0.29, 0.717) is 35.7 Å². The lowest BCUT2D eigenvalue weighted by Gasteiger charge is -2.34. The zero-order valence-corrected chi connectivity index (χ0v) is 24.5. The second-order valence-corrected chi connectivity index (χ2v) is 11.0. The number of nitrogens with one attached hydrogen (secondary N) is 1. The Morgan fingerprint density at radius 3 is 2.41 bits per heavy atom. The zero-order valence-electron chi connectivity index (χ0n) is 24.5. The summed E-state index contributed by atoms with van der Waals surface area (Å²) < 4.78 is 46.3. The van der Waals surface area contributed by atoms with E-state index < -0.39 is 23.8 Å². The lowest BCUT2D eigenvalue weighted by atomic mass is 9.95. The molecule has 3 aromatic rings. The van der Waals surface area contributed by atoms with E-state index in [1.54, 1.807) is 29.2 Å². The van der Waals surface area contributed by atoms with Gasteiger partial charge in [-0.2, -0.15) is 13.2 Å². The van der Waals surface area contributed by atoms with Gasteiger partial charge in [-0.1, -0.05) is 36.4 Å². The van der Waals surface area contributed by atoms with Gasteiger partial charge in [-0.05, 0) is 80.9 Å². The van der Waals surface area contributed by atoms with Crippen LogP contribution in [0.15, 0.2) is 90.1 Å². The Kier molecular flexibility index (Phi) is 9.43. The molecule has 0 aliphatic carbocycles. The van der Waals surface area contributed by atoms with Crippen LogP contribution in [0.4, 0.5) is 29.3 Å². The number of ether oxygens (including phenoxy) is 1. The first kappa shape index (κ1) is 30.9. The Morgan fingerprint density at radius 1 is 0.955 bits per heavy atom. The lowest BCUT2D eigenvalue weighted by Crippen LogP contribution is -2.47. The number of unbranched alkanes of at least 4 members (excludes halogenated alkanes) is 1. The van der Waals surface area contributed by atoms with Gasteiger partial charge in [-0.15, -0.1) is 0 Å². The number of benzene rings is 3. The average molecular weight is 608 g/mol. The monoisotopic (exact) mass is 607 g/mol. The molecule has 2 heterocycles. The minimum Gasteiger partial charge on any atom is -0.494 e. The standard InChI is InChI=1S/C33H36F3N5O3/c1-39(18-8-20-44-27-11-3-2-4-12-27)17-5-6-19-40-22-28-29(31(40)42)30(23-13-15-25(37)16-14-23)38-32(43)41(28)26-10-7-9-24(21-26)33(34,35)36/h2-4,7,9-16,21,30H,5-6,8,17-20,22,37H2,1H3,(H,38,43)/t30-/m1/s1. The normalized spacial score (nSPS) is 16.9. The number of nitrogens with two attached hydrogens (primary N) is 1. The molecule has 1 atom stereocenters. The van der Waals surface area contributed by atoms with E-state index in [1.165, 1.54) is 17.0 Å². The summed E-state index contributed by atoms with van der Waals surface area (Å²) in [5.74, 6) is 0.606. The van der Waals surface area contributed by atoms with E-state index in [9.17, 15) is 22.8 Å². The van der Waals surface area contributed by atoms with Crippen LogP contribution in [0.2, 0.25) is 0 Å². The van der Waals surface area contributed by atoms with Gasteiger partial charge in [0, 0.05) is 18.8 Å². The van der Waals surface area contributed by atoms with Crippen LogP contribution < -0.4 is 20.7 Å². The predicted octanol–water partition coefficient (Wildman–Crippen LogP) is 5.84. The largest absolute Gasteiger partial charge is 0.494 e. The van der Waals surface area contributed by atoms with Gasteiger partial charge in [0.05, 0.1) is 41.7 Å². The Morgan fingerprint density at radius 2 is 1.68 bits per heavy atom. The number of hydrogen-bond donors (Lipinski definition) is 2. The van der Waals surface area contributed by atoms with E-state index in [1.807, 2.05) is 37.4 Å². The molecule has 232 valence electrons. The molecule has 0 saturated heterocycles. The fourth-order valence-electron chi connectivity index (χ4n) is 5.55. The van der Waals surface area contributed by atoms with Crippen molar-refractivity contribution in [2.24, 2.45) is 0 Å². The van der Waals surface area contributed by atoms with Gasteiger partial charge < -0.3 is 25.6 Å². The van der Waals surface area contributed by atoms with E-state index in [-0.39, 0.29) is 18.1 Å². The number of para-hydroxylation sites is 1. The molecule has 2 aliphatic rings. The quantitative estimate of drug-likeness (QED) is 0.200. The number of anilines is 2. The SMILES string of the molecule is CN(CCCCN1CC2=C(C1=O)[C@@H](c1ccc(N)cc1)NC(=O)N2c1cccc(C(F)(F)F)c1)CCCOc1ccccc1. The van der Waals surface area contributed by atoms with Crippen molar-refractivity contribution in [3.8, 4) is 5.75 Å². The number of rotatable bonds is 12. The maximum absolute atomic E-state index is 13.8. The van der Waals surface area contributed by atoms with Crippen LogP contribution in [0.1, 0.15) is 36.4 Å². The lowest BCUT2D eigenvalue weighted by molar-refractivity contribution is -0.137. The van der Waals surface area contributed by atoms with E-state index in [0.717, 1.165) is 50.2 Å². The Hall–Kier alpha value is -4.51. The molecule has 0 saturated carbocycles. The van der Waals surface area contributed by atoms with Crippen LogP contribution in [-0.4, -0.2) is 61.6 Å². The van der Waals surface area contributed by atoms with Gasteiger partial charge in [0.25, 0.3) is 5.91 Å². The number of amides is 3. The van der Waals surface area contributed by atoms with E-state index >= 15 is 0 Å². The third-order valence-corrected chi connectivity index (χ3v) is 7.81. The van der Waals surface area contributed by atoms with Crippen molar-refractivity contribution in [3.63, 3.8) is 0 Å². The van der Waals surface area contributed by atoms with Crippen molar-refractivity contribution in [3.05, 3.63) is 101 Å². The fourth-order valence-corrected chi connectivity index (χ4v) is 5.55. The maximum Gasteiger partial charge on any atom is 0.416 e. The molecule has 0 aromatic heterocycles. The van der Waals surface area contributed by atoms with Crippen LogP contribution in [-0.2, 0) is 11.0 Å². The van der Waals surface area contributed by atoms with Gasteiger partial charge in [-0.3, -0.25) is 9.69 Å². The van der Waals surface area contributed by atoms with Gasteiger partial charge in [-0.25, -0.2) is 4.79 Å². The highest BCUT2D eigenvalue weighted by Gasteiger charge is 2.44. The molecule has 0 radical (unpaired) electrons. The molecule has 8 nitrogen and oxygen atoms in total. The summed E-state index contributed by atoms with van der Waals surface area (Å²) in [6, 6.07) is 19.8. The van der Waals surface area contributed by atoms with Crippen LogP contribution in [0.5, 0.6) is 5.75 Å². The van der Waals surface area contributed by atoms with Crippen LogP contribution in [0.25, 0.3) is 0 Å². The molecule has 0 fully saturated rings. The molecule has 0 spiro atoms. The summed E-state index contributed by atoms with van der Waals surface area (Å²) in [7, 11) is 2.05. The highest BCUT2D eigenvalue weighted by Crippen LogP contribution is 2.40. The molecule has 3 aromatic carbocycles. The van der Waals surface area contributed by atoms with E-state index in [4.69, 9.17) is 10.5 Å². The molecule has 0 bridgehead atoms. The summed E-state index contributed by atoms with van der Waals surface area (Å²) in [5, 5.41) is 2.84. The average Bonchev–Trinajstić information content (AvgIpc) is 3.33. The molecule has 3 amide bonds. The third kappa shape index (κ3) is 7.16. The molecule has 0 unspecified atom stereocenters. The van der Waals surface area contributed by atoms with Crippen molar-refractivity contribution in [1.82, 2.24) is 15.1 Å². The van der Waals surface area contributed by atoms with Gasteiger partial charge in [0.1, 0.15) is 5.75 Å². The minimum atomic E-state index is -4.58. The predicted molar refractivity (Wildman–Crippen MR) is 163 cm³/mol. The number of urea groups is 1. The molecule has 3 N–H and O–H groups in total. The minimum absolute atomic E-state index is 0.0492. The first-order valence-electron chi connectivity index (χ1n) is 14.6. The number of halogens is 3. The first-order valence-corrected chi connectivity index (χ1v) is 14.6. The van der Waals surface area contributed by atoms with Crippen molar-refractivity contribution in [1.29, 1.82) is 0 Å². The van der Waals surface area contributed by atoms with Crippen molar-refractivity contribution in [2.45, 2.75) is 31.5 Å². The Labute approximate surface area is 254 Å². The molecule has 5 rings (SSSR count). The summed E-state index contributed by atoms with van der Waals surface area (Å²) in [6.45, 7) is 2.91. The molecular formula is C33H36F3N5O3. The van der Waals surface area contributed by atoms with Gasteiger partial charge in [0.2, 0.25) is 0 Å². The van der Waals surface area contributed by atoms with Crippen molar-refractivity contribution in [2.75, 3.05) is 50.5 Å². The number of hydrogen-bond acceptors (Lipinski definition) is 5.